The molecular formula is C11H15F3. The van der Waals surface area contributed by atoms with Crippen LogP contribution in [-0.4, -0.2) is 6.68 Å². The molecule has 1 aliphatic carbocycles. The first-order valence-corrected chi connectivity index (χ1v) is 4.57. The van der Waals surface area contributed by atoms with Gasteiger partial charge in [-0.25, -0.2) is 0 Å². The van der Waals surface area contributed by atoms with Crippen molar-refractivity contribution >= 4 is 0 Å². The molecule has 0 radical (unpaired) electrons. The zero-order chi connectivity index (χ0) is 10.8. The molecule has 1 aromatic carbocycles. The van der Waals surface area contributed by atoms with Gasteiger partial charge in [0.25, 0.3) is 0 Å². The highest BCUT2D eigenvalue weighted by molar-refractivity contribution is 5.11. The fraction of sp³-hybridized carbons (Fsp3) is 0.455. The van der Waals surface area contributed by atoms with Crippen LogP contribution in [0.3, 0.4) is 0 Å². The van der Waals surface area contributed by atoms with E-state index in [2.05, 4.69) is 19.1 Å². The Morgan fingerprint density at radius 2 is 1.29 bits per heavy atom. The van der Waals surface area contributed by atoms with Gasteiger partial charge in [0, 0.05) is 0 Å². The number of hydrogen-bond donors (Lipinski definition) is 0. The van der Waals surface area contributed by atoms with Crippen LogP contribution in [0.5, 0.6) is 0 Å². The van der Waals surface area contributed by atoms with E-state index in [0.29, 0.717) is 0 Å². The average molecular weight is 204 g/mol. The second-order valence-electron chi connectivity index (χ2n) is 2.96. The van der Waals surface area contributed by atoms with Crippen molar-refractivity contribution in [3.05, 3.63) is 35.9 Å². The van der Waals surface area contributed by atoms with Crippen molar-refractivity contribution in [2.75, 3.05) is 0 Å². The van der Waals surface area contributed by atoms with Crippen molar-refractivity contribution < 1.29 is 13.2 Å². The smallest absolute Gasteiger partial charge is 0.174 e. The van der Waals surface area contributed by atoms with Gasteiger partial charge in [0.15, 0.2) is 0 Å². The van der Waals surface area contributed by atoms with Crippen LogP contribution >= 0.6 is 0 Å². The van der Waals surface area contributed by atoms with E-state index < -0.39 is 6.68 Å². The molecule has 0 nitrogen and oxygen atoms in total. The van der Waals surface area contributed by atoms with Gasteiger partial charge in [-0.15, -0.1) is 0 Å². The van der Waals surface area contributed by atoms with Gasteiger partial charge in [-0.2, -0.15) is 13.2 Å². The van der Waals surface area contributed by atoms with Crippen molar-refractivity contribution in [2.45, 2.75) is 32.9 Å². The molecule has 0 atom stereocenters. The number of aryl methyl sites for hydroxylation is 1. The largest absolute Gasteiger partial charge is 0.379 e. The third kappa shape index (κ3) is 17.2. The number of hydrogen-bond acceptors (Lipinski definition) is 0. The standard InChI is InChI=1S/C7H8.C3H6.CHF3/c1-7-5-3-2-4-6-7;1-2-3-1;2-1(3)4/h2-6H,1H3;1-3H2;1H. The van der Waals surface area contributed by atoms with Crippen LogP contribution in [0, 0.1) is 6.92 Å². The number of benzene rings is 1. The predicted octanol–water partition coefficient (Wildman–Crippen LogP) is 4.34. The third-order valence-corrected chi connectivity index (χ3v) is 1.29. The van der Waals surface area contributed by atoms with Crippen LogP contribution in [0.15, 0.2) is 30.3 Å². The summed E-state index contributed by atoms with van der Waals surface area (Å²) in [5.74, 6) is 0. The first-order valence-electron chi connectivity index (χ1n) is 4.57. The summed E-state index contributed by atoms with van der Waals surface area (Å²) >= 11 is 0. The van der Waals surface area contributed by atoms with Gasteiger partial charge < -0.3 is 0 Å². The van der Waals surface area contributed by atoms with Crippen LogP contribution in [0.2, 0.25) is 0 Å². The van der Waals surface area contributed by atoms with Crippen LogP contribution in [0.1, 0.15) is 24.8 Å². The number of rotatable bonds is 0. The van der Waals surface area contributed by atoms with Crippen molar-refractivity contribution in [3.63, 3.8) is 0 Å². The molecule has 14 heavy (non-hydrogen) atoms. The summed E-state index contributed by atoms with van der Waals surface area (Å²) in [5.41, 5.74) is 1.32. The molecule has 1 aliphatic rings. The Morgan fingerprint density at radius 3 is 1.43 bits per heavy atom. The maximum Gasteiger partial charge on any atom is 0.379 e. The fourth-order valence-electron chi connectivity index (χ4n) is 0.534. The van der Waals surface area contributed by atoms with Crippen molar-refractivity contribution in [3.8, 4) is 0 Å². The summed E-state index contributed by atoms with van der Waals surface area (Å²) in [6.07, 6.45) is 4.50. The fourth-order valence-corrected chi connectivity index (χ4v) is 0.534. The molecule has 3 heteroatoms. The van der Waals surface area contributed by atoms with E-state index in [1.807, 2.05) is 18.2 Å². The molecule has 0 aliphatic heterocycles. The Bertz CT molecular complexity index is 202. The number of halogens is 3. The second-order valence-corrected chi connectivity index (χ2v) is 2.96. The molecule has 80 valence electrons. The second kappa shape index (κ2) is 8.60. The molecule has 2 rings (SSSR count). The van der Waals surface area contributed by atoms with Gasteiger partial charge in [0.1, 0.15) is 0 Å². The Morgan fingerprint density at radius 1 is 0.929 bits per heavy atom. The summed E-state index contributed by atoms with van der Waals surface area (Å²) in [4.78, 5) is 0. The first-order chi connectivity index (χ1) is 6.63. The van der Waals surface area contributed by atoms with Crippen molar-refractivity contribution in [2.24, 2.45) is 0 Å². The van der Waals surface area contributed by atoms with E-state index in [-0.39, 0.29) is 0 Å². The van der Waals surface area contributed by atoms with E-state index in [9.17, 15) is 13.2 Å². The summed E-state index contributed by atoms with van der Waals surface area (Å²) in [5, 5.41) is 0. The lowest BCUT2D eigenvalue weighted by Crippen LogP contribution is -1.65. The Kier molecular flexibility index (Phi) is 7.99. The van der Waals surface area contributed by atoms with E-state index in [1.165, 1.54) is 24.8 Å². The Balaban J connectivity index is 0.000000204. The zero-order valence-corrected chi connectivity index (χ0v) is 8.22. The first kappa shape index (κ1) is 13.0. The van der Waals surface area contributed by atoms with Gasteiger partial charge in [-0.05, 0) is 6.92 Å². The van der Waals surface area contributed by atoms with E-state index in [1.54, 1.807) is 0 Å². The molecule has 0 amide bonds. The van der Waals surface area contributed by atoms with Gasteiger partial charge in [-0.3, -0.25) is 0 Å². The van der Waals surface area contributed by atoms with Crippen LogP contribution in [0.4, 0.5) is 13.2 Å². The number of alkyl halides is 3. The third-order valence-electron chi connectivity index (χ3n) is 1.29. The molecular weight excluding hydrogens is 189 g/mol. The lowest BCUT2D eigenvalue weighted by atomic mass is 10.2. The minimum Gasteiger partial charge on any atom is -0.174 e. The van der Waals surface area contributed by atoms with Crippen molar-refractivity contribution in [1.29, 1.82) is 0 Å². The molecule has 0 bridgehead atoms. The Labute approximate surface area is 82.8 Å². The molecule has 0 aromatic heterocycles. The molecule has 0 saturated heterocycles. The van der Waals surface area contributed by atoms with E-state index in [4.69, 9.17) is 0 Å². The predicted molar refractivity (Wildman–Crippen MR) is 52.1 cm³/mol. The lowest BCUT2D eigenvalue weighted by Gasteiger charge is -1.82. The summed E-state index contributed by atoms with van der Waals surface area (Å²) in [7, 11) is 0. The van der Waals surface area contributed by atoms with Crippen LogP contribution in [-0.2, 0) is 0 Å². The normalized spacial score (nSPS) is 12.1. The molecule has 1 saturated carbocycles. The average Bonchev–Trinajstić information content (AvgIpc) is 2.89. The van der Waals surface area contributed by atoms with Gasteiger partial charge in [0.2, 0.25) is 0 Å². The van der Waals surface area contributed by atoms with Crippen LogP contribution < -0.4 is 0 Å². The molecule has 0 N–H and O–H groups in total. The highest BCUT2D eigenvalue weighted by Gasteiger charge is 1.95. The SMILES string of the molecule is C1CC1.Cc1ccccc1.FC(F)F. The Hall–Kier alpha value is -0.990. The van der Waals surface area contributed by atoms with Crippen molar-refractivity contribution in [1.82, 2.24) is 0 Å². The maximum absolute atomic E-state index is 9.67. The molecule has 0 heterocycles. The summed E-state index contributed by atoms with van der Waals surface area (Å²) < 4.78 is 29.0. The molecule has 1 fully saturated rings. The van der Waals surface area contributed by atoms with Gasteiger partial charge >= 0.3 is 6.68 Å². The lowest BCUT2D eigenvalue weighted by molar-refractivity contribution is 0.00819. The monoisotopic (exact) mass is 204 g/mol. The van der Waals surface area contributed by atoms with Crippen LogP contribution in [0.25, 0.3) is 0 Å². The van der Waals surface area contributed by atoms with E-state index in [0.717, 1.165) is 0 Å². The highest BCUT2D eigenvalue weighted by Crippen LogP contribution is 2.14. The summed E-state index contributed by atoms with van der Waals surface area (Å²) in [6, 6.07) is 10.3. The maximum atomic E-state index is 9.67. The van der Waals surface area contributed by atoms with Gasteiger partial charge in [0.05, 0.1) is 0 Å². The minimum absolute atomic E-state index is 1.32. The summed E-state index contributed by atoms with van der Waals surface area (Å²) in [6.45, 7) is -1.58. The van der Waals surface area contributed by atoms with E-state index >= 15 is 0 Å². The topological polar surface area (TPSA) is 0 Å². The highest BCUT2D eigenvalue weighted by atomic mass is 19.4. The molecule has 1 aromatic rings. The molecule has 0 spiro atoms. The molecule has 0 unspecified atom stereocenters. The minimum atomic E-state index is -3.67. The quantitative estimate of drug-likeness (QED) is 0.589. The zero-order valence-electron chi connectivity index (χ0n) is 8.22. The van der Waals surface area contributed by atoms with Gasteiger partial charge in [-0.1, -0.05) is 55.2 Å².